The molecule has 2 N–H and O–H groups in total. The van der Waals surface area contributed by atoms with Crippen LogP contribution in [0.3, 0.4) is 0 Å². The average molecular weight is 552 g/mol. The van der Waals surface area contributed by atoms with Gasteiger partial charge in [0.25, 0.3) is 0 Å². The first kappa shape index (κ1) is 25.3. The smallest absolute Gasteiger partial charge is 0.416 e. The Balaban J connectivity index is 0.00000341. The second-order valence-electron chi connectivity index (χ2n) is 6.89. The zero-order valence-electron chi connectivity index (χ0n) is 17.4. The highest BCUT2D eigenvalue weighted by atomic mass is 127. The van der Waals surface area contributed by atoms with E-state index >= 15 is 0 Å². The number of anilines is 1. The molecule has 0 unspecified atom stereocenters. The molecule has 1 aliphatic rings. The van der Waals surface area contributed by atoms with E-state index < -0.39 is 11.7 Å². The minimum absolute atomic E-state index is 0. The van der Waals surface area contributed by atoms with Crippen LogP contribution in [0.15, 0.2) is 46.0 Å². The van der Waals surface area contributed by atoms with Crippen LogP contribution in [0.2, 0.25) is 0 Å². The molecule has 0 radical (unpaired) electrons. The van der Waals surface area contributed by atoms with Crippen molar-refractivity contribution < 1.29 is 22.3 Å². The van der Waals surface area contributed by atoms with Crippen molar-refractivity contribution in [3.63, 3.8) is 0 Å². The van der Waals surface area contributed by atoms with Gasteiger partial charge in [-0.2, -0.15) is 13.2 Å². The van der Waals surface area contributed by atoms with Crippen LogP contribution in [0.5, 0.6) is 0 Å². The fourth-order valence-corrected chi connectivity index (χ4v) is 3.25. The number of benzene rings is 1. The van der Waals surface area contributed by atoms with E-state index in [1.165, 1.54) is 12.1 Å². The summed E-state index contributed by atoms with van der Waals surface area (Å²) < 4.78 is 51.6. The number of alkyl halides is 3. The molecule has 1 saturated heterocycles. The molecular formula is C21H28F3IN4O2. The largest absolute Gasteiger partial charge is 0.469 e. The lowest BCUT2D eigenvalue weighted by Gasteiger charge is -2.29. The van der Waals surface area contributed by atoms with Crippen LogP contribution in [-0.2, 0) is 23.9 Å². The highest BCUT2D eigenvalue weighted by molar-refractivity contribution is 14.0. The third kappa shape index (κ3) is 7.60. The second kappa shape index (κ2) is 12.2. The van der Waals surface area contributed by atoms with Gasteiger partial charge in [-0.15, -0.1) is 24.0 Å². The van der Waals surface area contributed by atoms with E-state index in [1.54, 1.807) is 12.3 Å². The summed E-state index contributed by atoms with van der Waals surface area (Å²) in [4.78, 5) is 6.26. The lowest BCUT2D eigenvalue weighted by Crippen LogP contribution is -2.38. The maximum absolute atomic E-state index is 13.7. The van der Waals surface area contributed by atoms with Gasteiger partial charge in [0.05, 0.1) is 31.6 Å². The molecule has 6 nitrogen and oxygen atoms in total. The Hall–Kier alpha value is -1.95. The fraction of sp³-hybridized carbons (Fsp3) is 0.476. The SMILES string of the molecule is CCNC(=NCc1ccc(N2CCOCC2)cc1C(F)(F)F)NCCc1ccco1.I. The fourth-order valence-electron chi connectivity index (χ4n) is 3.25. The summed E-state index contributed by atoms with van der Waals surface area (Å²) in [5, 5.41) is 6.19. The van der Waals surface area contributed by atoms with Crippen molar-refractivity contribution in [2.24, 2.45) is 4.99 Å². The molecule has 0 atom stereocenters. The lowest BCUT2D eigenvalue weighted by atomic mass is 10.1. The number of ether oxygens (including phenoxy) is 1. The molecule has 10 heteroatoms. The van der Waals surface area contributed by atoms with Crippen LogP contribution in [0.4, 0.5) is 18.9 Å². The van der Waals surface area contributed by atoms with Crippen LogP contribution >= 0.6 is 24.0 Å². The first-order chi connectivity index (χ1) is 14.5. The zero-order chi connectivity index (χ0) is 21.4. The first-order valence-electron chi connectivity index (χ1n) is 10.0. The van der Waals surface area contributed by atoms with E-state index in [4.69, 9.17) is 9.15 Å². The van der Waals surface area contributed by atoms with Crippen molar-refractivity contribution >= 4 is 35.6 Å². The van der Waals surface area contributed by atoms with Gasteiger partial charge in [-0.1, -0.05) is 6.07 Å². The van der Waals surface area contributed by atoms with Gasteiger partial charge in [-0.3, -0.25) is 0 Å². The molecule has 1 aromatic heterocycles. The van der Waals surface area contributed by atoms with E-state index in [1.807, 2.05) is 24.0 Å². The number of guanidine groups is 1. The van der Waals surface area contributed by atoms with Crippen LogP contribution in [0.25, 0.3) is 0 Å². The van der Waals surface area contributed by atoms with Gasteiger partial charge in [0.1, 0.15) is 5.76 Å². The highest BCUT2D eigenvalue weighted by Crippen LogP contribution is 2.35. The Kier molecular flexibility index (Phi) is 9.94. The van der Waals surface area contributed by atoms with E-state index in [0.717, 1.165) is 5.76 Å². The Morgan fingerprint density at radius 3 is 2.58 bits per heavy atom. The Labute approximate surface area is 197 Å². The molecule has 2 aromatic rings. The lowest BCUT2D eigenvalue weighted by molar-refractivity contribution is -0.138. The molecule has 0 saturated carbocycles. The van der Waals surface area contributed by atoms with Crippen LogP contribution in [0, 0.1) is 0 Å². The molecule has 31 heavy (non-hydrogen) atoms. The Bertz CT molecular complexity index is 823. The minimum atomic E-state index is -4.45. The molecule has 2 heterocycles. The number of hydrogen-bond donors (Lipinski definition) is 2. The van der Waals surface area contributed by atoms with Gasteiger partial charge in [0, 0.05) is 38.3 Å². The third-order valence-electron chi connectivity index (χ3n) is 4.77. The number of hydrogen-bond acceptors (Lipinski definition) is 4. The number of nitrogens with zero attached hydrogens (tertiary/aromatic N) is 2. The normalized spacial score (nSPS) is 14.8. The summed E-state index contributed by atoms with van der Waals surface area (Å²) in [7, 11) is 0. The maximum atomic E-state index is 13.7. The van der Waals surface area contributed by atoms with Crippen molar-refractivity contribution in [3.05, 3.63) is 53.5 Å². The van der Waals surface area contributed by atoms with Crippen molar-refractivity contribution in [1.82, 2.24) is 10.6 Å². The molecule has 1 aliphatic heterocycles. The molecule has 0 spiro atoms. The number of aliphatic imine (C=N–C) groups is 1. The van der Waals surface area contributed by atoms with E-state index in [0.29, 0.717) is 57.5 Å². The molecule has 3 rings (SSSR count). The summed E-state index contributed by atoms with van der Waals surface area (Å²) in [6.45, 7) is 5.19. The summed E-state index contributed by atoms with van der Waals surface area (Å²) in [5.41, 5.74) is 0.0475. The van der Waals surface area contributed by atoms with Gasteiger partial charge in [0.2, 0.25) is 0 Å². The van der Waals surface area contributed by atoms with Gasteiger partial charge in [0.15, 0.2) is 5.96 Å². The van der Waals surface area contributed by atoms with Gasteiger partial charge < -0.3 is 24.7 Å². The minimum Gasteiger partial charge on any atom is -0.469 e. The number of nitrogens with one attached hydrogen (secondary N) is 2. The number of furan rings is 1. The van der Waals surface area contributed by atoms with Crippen molar-refractivity contribution in [2.45, 2.75) is 26.1 Å². The van der Waals surface area contributed by atoms with Gasteiger partial charge in [-0.25, -0.2) is 4.99 Å². The molecule has 0 bridgehead atoms. The Morgan fingerprint density at radius 1 is 1.16 bits per heavy atom. The number of rotatable bonds is 7. The van der Waals surface area contributed by atoms with Crippen LogP contribution in [-0.4, -0.2) is 45.4 Å². The van der Waals surface area contributed by atoms with Crippen LogP contribution in [0.1, 0.15) is 23.8 Å². The predicted molar refractivity (Wildman–Crippen MR) is 125 cm³/mol. The number of morpholine rings is 1. The quantitative estimate of drug-likeness (QED) is 0.309. The zero-order valence-corrected chi connectivity index (χ0v) is 19.7. The van der Waals surface area contributed by atoms with Crippen molar-refractivity contribution in [1.29, 1.82) is 0 Å². The second-order valence-corrected chi connectivity index (χ2v) is 6.89. The first-order valence-corrected chi connectivity index (χ1v) is 10.0. The summed E-state index contributed by atoms with van der Waals surface area (Å²) in [6.07, 6.45) is -2.19. The summed E-state index contributed by atoms with van der Waals surface area (Å²) in [5.74, 6) is 1.30. The van der Waals surface area contributed by atoms with Gasteiger partial charge >= 0.3 is 6.18 Å². The van der Waals surface area contributed by atoms with E-state index in [9.17, 15) is 13.2 Å². The van der Waals surface area contributed by atoms with E-state index in [-0.39, 0.29) is 36.1 Å². The highest BCUT2D eigenvalue weighted by Gasteiger charge is 2.34. The topological polar surface area (TPSA) is 62.0 Å². The molecule has 0 amide bonds. The number of halogens is 4. The maximum Gasteiger partial charge on any atom is 0.416 e. The molecular weight excluding hydrogens is 524 g/mol. The van der Waals surface area contributed by atoms with Crippen molar-refractivity contribution in [3.8, 4) is 0 Å². The molecule has 0 aliphatic carbocycles. The summed E-state index contributed by atoms with van der Waals surface area (Å²) >= 11 is 0. The molecule has 1 aromatic carbocycles. The van der Waals surface area contributed by atoms with Gasteiger partial charge in [-0.05, 0) is 36.8 Å². The van der Waals surface area contributed by atoms with Crippen molar-refractivity contribution in [2.75, 3.05) is 44.3 Å². The van der Waals surface area contributed by atoms with E-state index in [2.05, 4.69) is 15.6 Å². The molecule has 172 valence electrons. The monoisotopic (exact) mass is 552 g/mol. The Morgan fingerprint density at radius 2 is 1.94 bits per heavy atom. The third-order valence-corrected chi connectivity index (χ3v) is 4.77. The standard InChI is InChI=1S/C21H27F3N4O2.HI/c1-2-25-20(26-8-7-18-4-3-11-30-18)27-15-16-5-6-17(14-19(16)21(22,23)24)28-9-12-29-13-10-28;/h3-6,11,14H,2,7-10,12-13,15H2,1H3,(H2,25,26,27);1H. The predicted octanol–water partition coefficient (Wildman–Crippen LogP) is 4.05. The molecule has 1 fully saturated rings. The van der Waals surface area contributed by atoms with Crippen LogP contribution < -0.4 is 15.5 Å². The summed E-state index contributed by atoms with van der Waals surface area (Å²) in [6, 6.07) is 8.14. The average Bonchev–Trinajstić information content (AvgIpc) is 3.25.